The number of aromatic nitrogens is 3. The summed E-state index contributed by atoms with van der Waals surface area (Å²) >= 11 is 9.10. The van der Waals surface area contributed by atoms with E-state index in [0.29, 0.717) is 34.7 Å². The summed E-state index contributed by atoms with van der Waals surface area (Å²) in [6, 6.07) is 1.61. The lowest BCUT2D eigenvalue weighted by molar-refractivity contribution is 0.0953. The van der Waals surface area contributed by atoms with Crippen LogP contribution in [0.4, 0.5) is 0 Å². The van der Waals surface area contributed by atoms with Crippen molar-refractivity contribution in [2.24, 2.45) is 0 Å². The van der Waals surface area contributed by atoms with E-state index in [0.717, 1.165) is 0 Å². The van der Waals surface area contributed by atoms with Crippen molar-refractivity contribution in [2.75, 3.05) is 6.54 Å². The summed E-state index contributed by atoms with van der Waals surface area (Å²) in [6.45, 7) is 2.10. The highest BCUT2D eigenvalue weighted by Crippen LogP contribution is 2.17. The highest BCUT2D eigenvalue weighted by molar-refractivity contribution is 9.10. The van der Waals surface area contributed by atoms with Crippen LogP contribution in [0.3, 0.4) is 0 Å². The largest absolute Gasteiger partial charge is 0.351 e. The normalized spacial score (nSPS) is 10.5. The number of hydrogen-bond acceptors (Lipinski definition) is 5. The zero-order valence-corrected chi connectivity index (χ0v) is 12.3. The second-order valence-electron chi connectivity index (χ2n) is 3.73. The molecule has 0 unspecified atom stereocenters. The highest BCUT2D eigenvalue weighted by Gasteiger charge is 2.12. The number of carbonyl (C=O) groups excluding carboxylic acids is 1. The van der Waals surface area contributed by atoms with E-state index in [4.69, 9.17) is 16.1 Å². The molecule has 0 saturated heterocycles. The molecule has 1 N–H and O–H groups in total. The predicted octanol–water partition coefficient (Wildman–Crippen LogP) is 2.16. The molecule has 0 spiro atoms. The summed E-state index contributed by atoms with van der Waals surface area (Å²) < 4.78 is 5.52. The van der Waals surface area contributed by atoms with Crippen LogP contribution in [0.1, 0.15) is 22.1 Å². The molecule has 2 aromatic heterocycles. The third-order valence-electron chi connectivity index (χ3n) is 2.25. The fourth-order valence-corrected chi connectivity index (χ4v) is 1.93. The van der Waals surface area contributed by atoms with Crippen LogP contribution in [0.2, 0.25) is 5.15 Å². The van der Waals surface area contributed by atoms with Crippen molar-refractivity contribution in [1.29, 1.82) is 0 Å². The molecule has 0 aliphatic rings. The fourth-order valence-electron chi connectivity index (χ4n) is 1.41. The number of pyridine rings is 1. The number of aryl methyl sites for hydroxylation is 1. The van der Waals surface area contributed by atoms with Gasteiger partial charge in [0.15, 0.2) is 5.82 Å². The number of nitrogens with one attached hydrogen (secondary N) is 1. The van der Waals surface area contributed by atoms with Gasteiger partial charge in [-0.25, -0.2) is 4.98 Å². The first-order valence-corrected chi connectivity index (χ1v) is 6.62. The summed E-state index contributed by atoms with van der Waals surface area (Å²) in [5, 5.41) is 6.62. The van der Waals surface area contributed by atoms with E-state index in [9.17, 15) is 4.79 Å². The van der Waals surface area contributed by atoms with E-state index in [1.807, 2.05) is 0 Å². The first-order chi connectivity index (χ1) is 9.06. The van der Waals surface area contributed by atoms with Crippen LogP contribution < -0.4 is 5.32 Å². The van der Waals surface area contributed by atoms with Gasteiger partial charge in [0, 0.05) is 30.6 Å². The SMILES string of the molecule is Cc1nc(CCNC(=O)c2cc(Br)cnc2Cl)no1. The van der Waals surface area contributed by atoms with Crippen LogP contribution in [-0.2, 0) is 6.42 Å². The Labute approximate surface area is 122 Å². The molecule has 0 aromatic carbocycles. The van der Waals surface area contributed by atoms with Crippen molar-refractivity contribution in [3.8, 4) is 0 Å². The molecule has 0 radical (unpaired) electrons. The second-order valence-corrected chi connectivity index (χ2v) is 5.00. The lowest BCUT2D eigenvalue weighted by Crippen LogP contribution is -2.26. The average molecular weight is 346 g/mol. The Morgan fingerprint density at radius 2 is 2.37 bits per heavy atom. The van der Waals surface area contributed by atoms with Gasteiger partial charge in [0.25, 0.3) is 5.91 Å². The van der Waals surface area contributed by atoms with Gasteiger partial charge >= 0.3 is 0 Å². The zero-order valence-electron chi connectivity index (χ0n) is 9.98. The van der Waals surface area contributed by atoms with Crippen molar-refractivity contribution in [2.45, 2.75) is 13.3 Å². The van der Waals surface area contributed by atoms with E-state index >= 15 is 0 Å². The maximum absolute atomic E-state index is 11.9. The standard InChI is InChI=1S/C11H10BrClN4O2/c1-6-16-9(17-19-6)2-3-14-11(18)8-4-7(12)5-15-10(8)13/h4-5H,2-3H2,1H3,(H,14,18). The molecular weight excluding hydrogens is 336 g/mol. The molecule has 0 fully saturated rings. The Morgan fingerprint density at radius 1 is 1.58 bits per heavy atom. The van der Waals surface area contributed by atoms with Crippen molar-refractivity contribution in [3.63, 3.8) is 0 Å². The molecule has 0 bridgehead atoms. The summed E-state index contributed by atoms with van der Waals surface area (Å²) in [5.74, 6) is 0.760. The number of halogens is 2. The summed E-state index contributed by atoms with van der Waals surface area (Å²) in [4.78, 5) is 19.8. The fraction of sp³-hybridized carbons (Fsp3) is 0.273. The lowest BCUT2D eigenvalue weighted by Gasteiger charge is -2.05. The molecule has 0 aliphatic carbocycles. The second kappa shape index (κ2) is 6.12. The third-order valence-corrected chi connectivity index (χ3v) is 2.99. The number of hydrogen-bond donors (Lipinski definition) is 1. The minimum absolute atomic E-state index is 0.163. The molecule has 19 heavy (non-hydrogen) atoms. The van der Waals surface area contributed by atoms with Crippen LogP contribution in [-0.4, -0.2) is 27.6 Å². The van der Waals surface area contributed by atoms with Crippen LogP contribution in [0.15, 0.2) is 21.3 Å². The average Bonchev–Trinajstić information content (AvgIpc) is 2.78. The minimum Gasteiger partial charge on any atom is -0.351 e. The van der Waals surface area contributed by atoms with Crippen LogP contribution in [0.5, 0.6) is 0 Å². The van der Waals surface area contributed by atoms with Gasteiger partial charge in [-0.15, -0.1) is 0 Å². The monoisotopic (exact) mass is 344 g/mol. The van der Waals surface area contributed by atoms with Crippen molar-refractivity contribution >= 4 is 33.4 Å². The summed E-state index contributed by atoms with van der Waals surface area (Å²) in [5.41, 5.74) is 0.320. The van der Waals surface area contributed by atoms with E-state index in [-0.39, 0.29) is 11.1 Å². The smallest absolute Gasteiger partial charge is 0.254 e. The van der Waals surface area contributed by atoms with Crippen LogP contribution >= 0.6 is 27.5 Å². The van der Waals surface area contributed by atoms with Gasteiger partial charge in [0.1, 0.15) is 5.15 Å². The number of rotatable bonds is 4. The summed E-state index contributed by atoms with van der Waals surface area (Å²) in [7, 11) is 0. The topological polar surface area (TPSA) is 80.9 Å². The third kappa shape index (κ3) is 3.74. The molecule has 8 heteroatoms. The molecule has 100 valence electrons. The van der Waals surface area contributed by atoms with E-state index < -0.39 is 0 Å². The van der Waals surface area contributed by atoms with Crippen molar-refractivity contribution < 1.29 is 9.32 Å². The van der Waals surface area contributed by atoms with Gasteiger partial charge in [-0.2, -0.15) is 4.98 Å². The van der Waals surface area contributed by atoms with Crippen molar-refractivity contribution in [1.82, 2.24) is 20.4 Å². The zero-order chi connectivity index (χ0) is 13.8. The maximum atomic E-state index is 11.9. The molecule has 1 amide bonds. The Bertz CT molecular complexity index is 602. The predicted molar refractivity (Wildman–Crippen MR) is 72.0 cm³/mol. The van der Waals surface area contributed by atoms with E-state index in [1.54, 1.807) is 13.0 Å². The molecule has 6 nitrogen and oxygen atoms in total. The van der Waals surface area contributed by atoms with Gasteiger partial charge < -0.3 is 9.84 Å². The minimum atomic E-state index is -0.293. The van der Waals surface area contributed by atoms with Crippen molar-refractivity contribution in [3.05, 3.63) is 39.2 Å². The molecular formula is C11H10BrClN4O2. The number of amides is 1. The van der Waals surface area contributed by atoms with Gasteiger partial charge in [-0.1, -0.05) is 16.8 Å². The van der Waals surface area contributed by atoms with Gasteiger partial charge in [0.05, 0.1) is 5.56 Å². The summed E-state index contributed by atoms with van der Waals surface area (Å²) in [6.07, 6.45) is 2.02. The first kappa shape index (κ1) is 14.0. The number of carbonyl (C=O) groups is 1. The molecule has 2 rings (SSSR count). The van der Waals surface area contributed by atoms with Gasteiger partial charge in [0.2, 0.25) is 5.89 Å². The molecule has 2 heterocycles. The Kier molecular flexibility index (Phi) is 4.49. The maximum Gasteiger partial charge on any atom is 0.254 e. The molecule has 2 aromatic rings. The molecule has 0 saturated carbocycles. The quantitative estimate of drug-likeness (QED) is 0.859. The Balaban J connectivity index is 1.92. The first-order valence-electron chi connectivity index (χ1n) is 5.44. The Morgan fingerprint density at radius 3 is 3.05 bits per heavy atom. The van der Waals surface area contributed by atoms with E-state index in [2.05, 4.69) is 36.4 Å². The number of nitrogens with zero attached hydrogens (tertiary/aromatic N) is 3. The van der Waals surface area contributed by atoms with Gasteiger partial charge in [-0.3, -0.25) is 4.79 Å². The highest BCUT2D eigenvalue weighted by atomic mass is 79.9. The van der Waals surface area contributed by atoms with Crippen LogP contribution in [0, 0.1) is 6.92 Å². The van der Waals surface area contributed by atoms with E-state index in [1.165, 1.54) is 6.20 Å². The lowest BCUT2D eigenvalue weighted by atomic mass is 10.2. The molecule has 0 atom stereocenters. The Hall–Kier alpha value is -1.47. The van der Waals surface area contributed by atoms with Crippen LogP contribution in [0.25, 0.3) is 0 Å². The molecule has 0 aliphatic heterocycles. The van der Waals surface area contributed by atoms with Gasteiger partial charge in [-0.05, 0) is 22.0 Å².